The van der Waals surface area contributed by atoms with Crippen molar-refractivity contribution in [2.24, 2.45) is 7.05 Å². The van der Waals surface area contributed by atoms with Crippen LogP contribution in [0.3, 0.4) is 0 Å². The molecule has 2 rings (SSSR count). The molecule has 12 heavy (non-hydrogen) atoms. The molecule has 2 aromatic heterocycles. The molecule has 0 unspecified atom stereocenters. The molecule has 0 radical (unpaired) electrons. The van der Waals surface area contributed by atoms with Gasteiger partial charge < -0.3 is 0 Å². The van der Waals surface area contributed by atoms with E-state index in [1.54, 1.807) is 17.5 Å². The van der Waals surface area contributed by atoms with Gasteiger partial charge in [0, 0.05) is 24.3 Å². The van der Waals surface area contributed by atoms with Crippen LogP contribution in [0.25, 0.3) is 10.7 Å². The zero-order chi connectivity index (χ0) is 8.55. The third-order valence-corrected chi connectivity index (χ3v) is 2.56. The number of thiazole rings is 1. The van der Waals surface area contributed by atoms with Gasteiger partial charge in [0.25, 0.3) is 0 Å². The molecule has 4 heteroatoms. The summed E-state index contributed by atoms with van der Waals surface area (Å²) >= 11 is 1.61. The van der Waals surface area contributed by atoms with Crippen molar-refractivity contribution in [3.8, 4) is 10.7 Å². The van der Waals surface area contributed by atoms with Crippen LogP contribution in [0.1, 0.15) is 5.69 Å². The van der Waals surface area contributed by atoms with E-state index in [9.17, 15) is 0 Å². The highest BCUT2D eigenvalue weighted by Crippen LogP contribution is 2.20. The molecule has 0 aliphatic heterocycles. The Morgan fingerprint density at radius 3 is 2.83 bits per heavy atom. The lowest BCUT2D eigenvalue weighted by Gasteiger charge is -1.88. The van der Waals surface area contributed by atoms with E-state index in [2.05, 4.69) is 10.1 Å². The van der Waals surface area contributed by atoms with E-state index in [4.69, 9.17) is 0 Å². The second kappa shape index (κ2) is 2.71. The molecule has 0 aliphatic rings. The number of aryl methyl sites for hydroxylation is 2. The first-order valence-corrected chi connectivity index (χ1v) is 4.56. The largest absolute Gasteiger partial charge is 0.272 e. The maximum Gasteiger partial charge on any atom is 0.143 e. The fourth-order valence-electron chi connectivity index (χ4n) is 1.02. The van der Waals surface area contributed by atoms with E-state index in [-0.39, 0.29) is 0 Å². The lowest BCUT2D eigenvalue weighted by Crippen LogP contribution is -1.91. The lowest BCUT2D eigenvalue weighted by molar-refractivity contribution is 0.742. The summed E-state index contributed by atoms with van der Waals surface area (Å²) in [7, 11) is 1.94. The Hall–Kier alpha value is -1.16. The van der Waals surface area contributed by atoms with E-state index in [0.29, 0.717) is 0 Å². The van der Waals surface area contributed by atoms with Crippen LogP contribution < -0.4 is 0 Å². The SMILES string of the molecule is Cc1cc(-c2nccs2)nn1C. The van der Waals surface area contributed by atoms with Gasteiger partial charge in [0.15, 0.2) is 0 Å². The quantitative estimate of drug-likeness (QED) is 0.669. The van der Waals surface area contributed by atoms with Gasteiger partial charge in [-0.05, 0) is 13.0 Å². The minimum absolute atomic E-state index is 0.963. The van der Waals surface area contributed by atoms with Gasteiger partial charge in [0.1, 0.15) is 10.7 Å². The normalized spacial score (nSPS) is 10.5. The fraction of sp³-hybridized carbons (Fsp3) is 0.250. The minimum Gasteiger partial charge on any atom is -0.272 e. The first-order valence-electron chi connectivity index (χ1n) is 3.68. The summed E-state index contributed by atoms with van der Waals surface area (Å²) in [5, 5.41) is 7.26. The van der Waals surface area contributed by atoms with E-state index >= 15 is 0 Å². The van der Waals surface area contributed by atoms with E-state index in [1.807, 2.05) is 30.1 Å². The second-order valence-electron chi connectivity index (χ2n) is 2.63. The molecule has 0 spiro atoms. The smallest absolute Gasteiger partial charge is 0.143 e. The molecule has 3 nitrogen and oxygen atoms in total. The van der Waals surface area contributed by atoms with Gasteiger partial charge in [0.2, 0.25) is 0 Å². The Morgan fingerprint density at radius 2 is 2.33 bits per heavy atom. The van der Waals surface area contributed by atoms with Gasteiger partial charge in [-0.15, -0.1) is 11.3 Å². The zero-order valence-electron chi connectivity index (χ0n) is 6.98. The Bertz CT molecular complexity index is 355. The Labute approximate surface area is 74.7 Å². The standard InChI is InChI=1S/C8H9N3S/c1-6-5-7(10-11(6)2)8-9-3-4-12-8/h3-5H,1-2H3. The average Bonchev–Trinajstić information content (AvgIpc) is 2.61. The van der Waals surface area contributed by atoms with Crippen LogP contribution in [0.5, 0.6) is 0 Å². The number of nitrogens with zero attached hydrogens (tertiary/aromatic N) is 3. The van der Waals surface area contributed by atoms with Crippen LogP contribution in [0.2, 0.25) is 0 Å². The van der Waals surface area contributed by atoms with Gasteiger partial charge in [-0.1, -0.05) is 0 Å². The number of aromatic nitrogens is 3. The molecular weight excluding hydrogens is 170 g/mol. The van der Waals surface area contributed by atoms with Crippen LogP contribution >= 0.6 is 11.3 Å². The maximum atomic E-state index is 4.32. The van der Waals surface area contributed by atoms with Gasteiger partial charge >= 0.3 is 0 Å². The van der Waals surface area contributed by atoms with Crippen LogP contribution in [-0.4, -0.2) is 14.8 Å². The third-order valence-electron chi connectivity index (χ3n) is 1.77. The van der Waals surface area contributed by atoms with Crippen molar-refractivity contribution in [2.75, 3.05) is 0 Å². The van der Waals surface area contributed by atoms with E-state index in [1.165, 1.54) is 0 Å². The summed E-state index contributed by atoms with van der Waals surface area (Å²) < 4.78 is 1.86. The number of hydrogen-bond donors (Lipinski definition) is 0. The Kier molecular flexibility index (Phi) is 1.69. The van der Waals surface area contributed by atoms with Crippen LogP contribution in [0.15, 0.2) is 17.6 Å². The summed E-state index contributed by atoms with van der Waals surface area (Å²) in [6.07, 6.45) is 1.80. The molecule has 0 atom stereocenters. The molecule has 0 saturated carbocycles. The highest BCUT2D eigenvalue weighted by atomic mass is 32.1. The van der Waals surface area contributed by atoms with Crippen molar-refractivity contribution >= 4 is 11.3 Å². The summed E-state index contributed by atoms with van der Waals surface area (Å²) in [4.78, 5) is 4.18. The highest BCUT2D eigenvalue weighted by Gasteiger charge is 2.05. The molecule has 0 saturated heterocycles. The number of hydrogen-bond acceptors (Lipinski definition) is 3. The average molecular weight is 179 g/mol. The minimum atomic E-state index is 0.963. The number of rotatable bonds is 1. The first kappa shape index (κ1) is 7.49. The fourth-order valence-corrected chi connectivity index (χ4v) is 1.61. The van der Waals surface area contributed by atoms with E-state index < -0.39 is 0 Å². The van der Waals surface area contributed by atoms with Crippen molar-refractivity contribution in [1.82, 2.24) is 14.8 Å². The molecule has 2 aromatic rings. The molecule has 0 aromatic carbocycles. The summed E-state index contributed by atoms with van der Waals surface area (Å²) in [6, 6.07) is 2.04. The predicted molar refractivity (Wildman–Crippen MR) is 49.1 cm³/mol. The van der Waals surface area contributed by atoms with Crippen molar-refractivity contribution in [2.45, 2.75) is 6.92 Å². The van der Waals surface area contributed by atoms with Crippen LogP contribution in [-0.2, 0) is 7.05 Å². The lowest BCUT2D eigenvalue weighted by atomic mass is 10.4. The van der Waals surface area contributed by atoms with Crippen molar-refractivity contribution in [3.05, 3.63) is 23.3 Å². The monoisotopic (exact) mass is 179 g/mol. The summed E-state index contributed by atoms with van der Waals surface area (Å²) in [5.41, 5.74) is 2.12. The molecule has 62 valence electrons. The van der Waals surface area contributed by atoms with Crippen molar-refractivity contribution < 1.29 is 0 Å². The van der Waals surface area contributed by atoms with Crippen molar-refractivity contribution in [1.29, 1.82) is 0 Å². The molecule has 2 heterocycles. The molecule has 0 bridgehead atoms. The Balaban J connectivity index is 2.48. The molecule has 0 fully saturated rings. The summed E-state index contributed by atoms with van der Waals surface area (Å²) in [5.74, 6) is 0. The maximum absolute atomic E-state index is 4.32. The first-order chi connectivity index (χ1) is 5.77. The molecular formula is C8H9N3S. The summed E-state index contributed by atoms with van der Waals surface area (Å²) in [6.45, 7) is 2.03. The van der Waals surface area contributed by atoms with Gasteiger partial charge in [-0.3, -0.25) is 4.68 Å². The topological polar surface area (TPSA) is 30.7 Å². The van der Waals surface area contributed by atoms with Gasteiger partial charge in [0.05, 0.1) is 0 Å². The van der Waals surface area contributed by atoms with Crippen LogP contribution in [0.4, 0.5) is 0 Å². The van der Waals surface area contributed by atoms with E-state index in [0.717, 1.165) is 16.4 Å². The molecule has 0 aliphatic carbocycles. The highest BCUT2D eigenvalue weighted by molar-refractivity contribution is 7.13. The Morgan fingerprint density at radius 1 is 1.50 bits per heavy atom. The molecule has 0 amide bonds. The van der Waals surface area contributed by atoms with Crippen molar-refractivity contribution in [3.63, 3.8) is 0 Å². The van der Waals surface area contributed by atoms with Gasteiger partial charge in [-0.25, -0.2) is 4.98 Å². The molecule has 0 N–H and O–H groups in total. The zero-order valence-corrected chi connectivity index (χ0v) is 7.80. The third kappa shape index (κ3) is 1.14. The van der Waals surface area contributed by atoms with Crippen LogP contribution in [0, 0.1) is 6.92 Å². The predicted octanol–water partition coefficient (Wildman–Crippen LogP) is 1.85. The second-order valence-corrected chi connectivity index (χ2v) is 3.53. The van der Waals surface area contributed by atoms with Gasteiger partial charge in [-0.2, -0.15) is 5.10 Å².